The van der Waals surface area contributed by atoms with E-state index in [1.165, 1.54) is 5.56 Å². The van der Waals surface area contributed by atoms with Crippen molar-refractivity contribution >= 4 is 11.6 Å². The number of benzene rings is 3. The molecule has 132 valence electrons. The number of carbonyl (C=O) groups is 1. The Hall–Kier alpha value is -3.27. The molecule has 0 saturated carbocycles. The van der Waals surface area contributed by atoms with E-state index in [1.807, 2.05) is 48.5 Å². The van der Waals surface area contributed by atoms with Gasteiger partial charge in [-0.05, 0) is 29.8 Å². The van der Waals surface area contributed by atoms with Gasteiger partial charge >= 0.3 is 0 Å². The Balaban J connectivity index is 1.69. The largest absolute Gasteiger partial charge is 0.495 e. The summed E-state index contributed by atoms with van der Waals surface area (Å²) in [6.45, 7) is 0.503. The van der Waals surface area contributed by atoms with Gasteiger partial charge in [0.2, 0.25) is 0 Å². The molecule has 26 heavy (non-hydrogen) atoms. The van der Waals surface area contributed by atoms with Crippen molar-refractivity contribution in [3.05, 3.63) is 90.0 Å². The maximum atomic E-state index is 12.7. The van der Waals surface area contributed by atoms with Gasteiger partial charge in [-0.3, -0.25) is 4.79 Å². The zero-order chi connectivity index (χ0) is 18.2. The highest BCUT2D eigenvalue weighted by atomic mass is 16.5. The molecule has 0 unspecified atom stereocenters. The van der Waals surface area contributed by atoms with Crippen LogP contribution in [-0.2, 0) is 6.42 Å². The van der Waals surface area contributed by atoms with E-state index in [2.05, 4.69) is 17.4 Å². The Morgan fingerprint density at radius 3 is 2.27 bits per heavy atom. The summed E-state index contributed by atoms with van der Waals surface area (Å²) >= 11 is 0. The van der Waals surface area contributed by atoms with Gasteiger partial charge in [0.05, 0.1) is 25.0 Å². The summed E-state index contributed by atoms with van der Waals surface area (Å²) in [7, 11) is 1.58. The molecule has 0 aliphatic rings. The molecule has 0 atom stereocenters. The SMILES string of the molecule is COc1ccccc1NC(=O)c1ccccc1OCCc1ccccc1. The lowest BCUT2D eigenvalue weighted by atomic mass is 10.1. The molecule has 1 N–H and O–H groups in total. The third-order valence-electron chi connectivity index (χ3n) is 3.98. The van der Waals surface area contributed by atoms with Gasteiger partial charge in [-0.1, -0.05) is 54.6 Å². The molecule has 3 aromatic carbocycles. The fourth-order valence-corrected chi connectivity index (χ4v) is 2.64. The van der Waals surface area contributed by atoms with Crippen molar-refractivity contribution in [1.82, 2.24) is 0 Å². The van der Waals surface area contributed by atoms with Crippen LogP contribution in [0.2, 0.25) is 0 Å². The topological polar surface area (TPSA) is 47.6 Å². The summed E-state index contributed by atoms with van der Waals surface area (Å²) in [6.07, 6.45) is 0.781. The van der Waals surface area contributed by atoms with Gasteiger partial charge in [0.1, 0.15) is 11.5 Å². The van der Waals surface area contributed by atoms with E-state index in [0.29, 0.717) is 29.4 Å². The number of nitrogens with one attached hydrogen (secondary N) is 1. The first kappa shape index (κ1) is 17.5. The average molecular weight is 347 g/mol. The highest BCUT2D eigenvalue weighted by Crippen LogP contribution is 2.25. The summed E-state index contributed by atoms with van der Waals surface area (Å²) in [5, 5.41) is 2.88. The molecule has 4 heteroatoms. The van der Waals surface area contributed by atoms with Gasteiger partial charge in [0, 0.05) is 6.42 Å². The minimum atomic E-state index is -0.232. The number of rotatable bonds is 7. The molecule has 0 spiro atoms. The van der Waals surface area contributed by atoms with E-state index < -0.39 is 0 Å². The van der Waals surface area contributed by atoms with E-state index >= 15 is 0 Å². The first-order valence-electron chi connectivity index (χ1n) is 8.48. The molecule has 0 heterocycles. The van der Waals surface area contributed by atoms with Crippen LogP contribution in [0.3, 0.4) is 0 Å². The number of hydrogen-bond donors (Lipinski definition) is 1. The molecule has 4 nitrogen and oxygen atoms in total. The molecule has 0 fully saturated rings. The predicted octanol–water partition coefficient (Wildman–Crippen LogP) is 4.57. The highest BCUT2D eigenvalue weighted by Gasteiger charge is 2.14. The normalized spacial score (nSPS) is 10.2. The number of carbonyl (C=O) groups excluding carboxylic acids is 1. The predicted molar refractivity (Wildman–Crippen MR) is 103 cm³/mol. The number of ether oxygens (including phenoxy) is 2. The minimum Gasteiger partial charge on any atom is -0.495 e. The van der Waals surface area contributed by atoms with Crippen molar-refractivity contribution in [3.63, 3.8) is 0 Å². The zero-order valence-corrected chi connectivity index (χ0v) is 14.6. The van der Waals surface area contributed by atoms with Gasteiger partial charge in [-0.2, -0.15) is 0 Å². The van der Waals surface area contributed by atoms with Crippen LogP contribution >= 0.6 is 0 Å². The third-order valence-corrected chi connectivity index (χ3v) is 3.98. The molecular weight excluding hydrogens is 326 g/mol. The second kappa shape index (κ2) is 8.72. The molecule has 1 amide bonds. The van der Waals surface area contributed by atoms with Crippen LogP contribution in [0.15, 0.2) is 78.9 Å². The van der Waals surface area contributed by atoms with Gasteiger partial charge < -0.3 is 14.8 Å². The summed E-state index contributed by atoms with van der Waals surface area (Å²) < 4.78 is 11.1. The monoisotopic (exact) mass is 347 g/mol. The Labute approximate surface area is 153 Å². The molecule has 0 aliphatic heterocycles. The van der Waals surface area contributed by atoms with Crippen molar-refractivity contribution in [2.75, 3.05) is 19.0 Å². The molecule has 0 aliphatic carbocycles. The van der Waals surface area contributed by atoms with Crippen molar-refractivity contribution < 1.29 is 14.3 Å². The number of para-hydroxylation sites is 3. The van der Waals surface area contributed by atoms with Crippen molar-refractivity contribution in [1.29, 1.82) is 0 Å². The van der Waals surface area contributed by atoms with Crippen LogP contribution in [0, 0.1) is 0 Å². The van der Waals surface area contributed by atoms with Gasteiger partial charge in [-0.25, -0.2) is 0 Å². The standard InChI is InChI=1S/C22H21NO3/c1-25-21-14-8-6-12-19(21)23-22(24)18-11-5-7-13-20(18)26-16-15-17-9-3-2-4-10-17/h2-14H,15-16H2,1H3,(H,23,24). The third kappa shape index (κ3) is 4.42. The molecule has 0 bridgehead atoms. The van der Waals surface area contributed by atoms with Crippen LogP contribution in [-0.4, -0.2) is 19.6 Å². The molecule has 0 radical (unpaired) electrons. The van der Waals surface area contributed by atoms with Crippen LogP contribution in [0.1, 0.15) is 15.9 Å². The summed E-state index contributed by atoms with van der Waals surface area (Å²) in [5.41, 5.74) is 2.31. The van der Waals surface area contributed by atoms with E-state index in [-0.39, 0.29) is 5.91 Å². The first-order valence-corrected chi connectivity index (χ1v) is 8.48. The molecule has 0 aromatic heterocycles. The zero-order valence-electron chi connectivity index (χ0n) is 14.6. The van der Waals surface area contributed by atoms with E-state index in [4.69, 9.17) is 9.47 Å². The fraction of sp³-hybridized carbons (Fsp3) is 0.136. The summed E-state index contributed by atoms with van der Waals surface area (Å²) in [4.78, 5) is 12.7. The van der Waals surface area contributed by atoms with Crippen molar-refractivity contribution in [2.45, 2.75) is 6.42 Å². The van der Waals surface area contributed by atoms with Gasteiger partial charge in [0.15, 0.2) is 0 Å². The Kier molecular flexibility index (Phi) is 5.88. The van der Waals surface area contributed by atoms with Gasteiger partial charge in [0.25, 0.3) is 5.91 Å². The lowest BCUT2D eigenvalue weighted by Crippen LogP contribution is -2.14. The lowest BCUT2D eigenvalue weighted by Gasteiger charge is -2.13. The van der Waals surface area contributed by atoms with Crippen LogP contribution in [0.4, 0.5) is 5.69 Å². The number of hydrogen-bond acceptors (Lipinski definition) is 3. The molecule has 0 saturated heterocycles. The number of amides is 1. The summed E-state index contributed by atoms with van der Waals surface area (Å²) in [6, 6.07) is 24.7. The second-order valence-corrected chi connectivity index (χ2v) is 5.73. The van der Waals surface area contributed by atoms with Crippen LogP contribution in [0.5, 0.6) is 11.5 Å². The van der Waals surface area contributed by atoms with E-state index in [0.717, 1.165) is 6.42 Å². The van der Waals surface area contributed by atoms with Crippen molar-refractivity contribution in [2.24, 2.45) is 0 Å². The fourth-order valence-electron chi connectivity index (χ4n) is 2.64. The first-order chi connectivity index (χ1) is 12.8. The minimum absolute atomic E-state index is 0.232. The van der Waals surface area contributed by atoms with E-state index in [9.17, 15) is 4.79 Å². The van der Waals surface area contributed by atoms with Gasteiger partial charge in [-0.15, -0.1) is 0 Å². The second-order valence-electron chi connectivity index (χ2n) is 5.73. The Morgan fingerprint density at radius 2 is 1.50 bits per heavy atom. The highest BCUT2D eigenvalue weighted by molar-refractivity contribution is 6.06. The number of anilines is 1. The maximum Gasteiger partial charge on any atom is 0.259 e. The quantitative estimate of drug-likeness (QED) is 0.681. The van der Waals surface area contributed by atoms with E-state index in [1.54, 1.807) is 25.3 Å². The van der Waals surface area contributed by atoms with Crippen LogP contribution in [0.25, 0.3) is 0 Å². The summed E-state index contributed by atoms with van der Waals surface area (Å²) in [5.74, 6) is 0.948. The molecule has 3 aromatic rings. The lowest BCUT2D eigenvalue weighted by molar-refractivity contribution is 0.102. The Morgan fingerprint density at radius 1 is 0.846 bits per heavy atom. The number of methoxy groups -OCH3 is 1. The average Bonchev–Trinajstić information content (AvgIpc) is 2.69. The van der Waals surface area contributed by atoms with Crippen molar-refractivity contribution in [3.8, 4) is 11.5 Å². The Bertz CT molecular complexity index is 862. The smallest absolute Gasteiger partial charge is 0.259 e. The molecular formula is C22H21NO3. The van der Waals surface area contributed by atoms with Crippen LogP contribution < -0.4 is 14.8 Å². The maximum absolute atomic E-state index is 12.7. The molecule has 3 rings (SSSR count).